The molecular formula is C10H8O. The summed E-state index contributed by atoms with van der Waals surface area (Å²) in [7, 11) is 0. The maximum absolute atomic E-state index is 8.29. The molecule has 0 fully saturated rings. The van der Waals surface area contributed by atoms with Gasteiger partial charge in [-0.2, -0.15) is 0 Å². The molecule has 0 aliphatic heterocycles. The topological polar surface area (TPSA) is 20.2 Å². The Balaban J connectivity index is 3.81. The zero-order valence-electron chi connectivity index (χ0n) is 6.31. The van der Waals surface area contributed by atoms with E-state index in [0.717, 1.165) is 0 Å². The summed E-state index contributed by atoms with van der Waals surface area (Å²) < 4.78 is 0. The van der Waals surface area contributed by atoms with Gasteiger partial charge in [0.2, 0.25) is 0 Å². The predicted octanol–water partition coefficient (Wildman–Crippen LogP) is 0.565. The third-order valence-corrected chi connectivity index (χ3v) is 0.691. The summed E-state index contributed by atoms with van der Waals surface area (Å²) in [6.07, 6.45) is 3.09. The highest BCUT2D eigenvalue weighted by Crippen LogP contribution is 1.65. The number of aliphatic hydroxyl groups excluding tert-OH is 1. The number of aliphatic hydroxyl groups is 1. The van der Waals surface area contributed by atoms with Crippen LogP contribution in [0.1, 0.15) is 6.92 Å². The van der Waals surface area contributed by atoms with Gasteiger partial charge in [-0.3, -0.25) is 0 Å². The minimum Gasteiger partial charge on any atom is -0.392 e. The van der Waals surface area contributed by atoms with Gasteiger partial charge in [0.15, 0.2) is 0 Å². The molecule has 11 heavy (non-hydrogen) atoms. The van der Waals surface area contributed by atoms with Gasteiger partial charge < -0.3 is 5.11 Å². The molecule has 0 unspecified atom stereocenters. The molecule has 1 nitrogen and oxygen atoms in total. The van der Waals surface area contributed by atoms with Gasteiger partial charge in [0.25, 0.3) is 0 Å². The fourth-order valence-electron chi connectivity index (χ4n) is 0.314. The van der Waals surface area contributed by atoms with Crippen molar-refractivity contribution in [1.29, 1.82) is 0 Å². The second kappa shape index (κ2) is 8.38. The van der Waals surface area contributed by atoms with Crippen LogP contribution in [0.2, 0.25) is 0 Å². The molecule has 0 aromatic heterocycles. The van der Waals surface area contributed by atoms with Gasteiger partial charge in [0.05, 0.1) is 6.61 Å². The van der Waals surface area contributed by atoms with Crippen LogP contribution in [0.15, 0.2) is 12.2 Å². The van der Waals surface area contributed by atoms with Gasteiger partial charge in [-0.25, -0.2) is 0 Å². The summed E-state index contributed by atoms with van der Waals surface area (Å²) in [6, 6.07) is 0. The van der Waals surface area contributed by atoms with Gasteiger partial charge in [0.1, 0.15) is 0 Å². The third kappa shape index (κ3) is 8.38. The molecule has 0 saturated carbocycles. The Hall–Kier alpha value is -1.62. The monoisotopic (exact) mass is 144 g/mol. The Kier molecular flexibility index (Phi) is 7.15. The van der Waals surface area contributed by atoms with Gasteiger partial charge >= 0.3 is 0 Å². The molecule has 0 spiro atoms. The van der Waals surface area contributed by atoms with E-state index in [1.807, 2.05) is 0 Å². The lowest BCUT2D eigenvalue weighted by Crippen LogP contribution is -1.67. The SMILES string of the molecule is CC#CC#CC#C/C=C\CO. The quantitative estimate of drug-likeness (QED) is 0.533. The fraction of sp³-hybridized carbons (Fsp3) is 0.200. The highest BCUT2D eigenvalue weighted by molar-refractivity contribution is 5.37. The Bertz CT molecular complexity index is 291. The molecule has 0 saturated heterocycles. The molecule has 0 amide bonds. The smallest absolute Gasteiger partial charge is 0.0621 e. The Labute approximate surface area is 67.1 Å². The van der Waals surface area contributed by atoms with E-state index < -0.39 is 0 Å². The molecular weight excluding hydrogens is 136 g/mol. The molecule has 0 aliphatic rings. The zero-order valence-corrected chi connectivity index (χ0v) is 6.31. The van der Waals surface area contributed by atoms with E-state index in [1.54, 1.807) is 19.1 Å². The van der Waals surface area contributed by atoms with Gasteiger partial charge in [-0.05, 0) is 36.7 Å². The average molecular weight is 144 g/mol. The molecule has 0 atom stereocenters. The second-order valence-corrected chi connectivity index (χ2v) is 1.48. The Morgan fingerprint density at radius 3 is 2.55 bits per heavy atom. The summed E-state index contributed by atoms with van der Waals surface area (Å²) in [4.78, 5) is 0. The van der Waals surface area contributed by atoms with Gasteiger partial charge in [0, 0.05) is 0 Å². The molecule has 0 radical (unpaired) electrons. The highest BCUT2D eigenvalue weighted by atomic mass is 16.2. The van der Waals surface area contributed by atoms with Crippen molar-refractivity contribution < 1.29 is 5.11 Å². The van der Waals surface area contributed by atoms with E-state index in [0.29, 0.717) is 0 Å². The summed E-state index contributed by atoms with van der Waals surface area (Å²) in [5.74, 6) is 15.4. The first-order chi connectivity index (χ1) is 5.41. The van der Waals surface area contributed by atoms with Crippen LogP contribution in [0, 0.1) is 35.5 Å². The summed E-state index contributed by atoms with van der Waals surface area (Å²) in [5.41, 5.74) is 0. The fourth-order valence-corrected chi connectivity index (χ4v) is 0.314. The Morgan fingerprint density at radius 2 is 1.91 bits per heavy atom. The highest BCUT2D eigenvalue weighted by Gasteiger charge is 1.59. The van der Waals surface area contributed by atoms with E-state index in [4.69, 9.17) is 5.11 Å². The van der Waals surface area contributed by atoms with E-state index >= 15 is 0 Å². The minimum absolute atomic E-state index is 0.0108. The van der Waals surface area contributed by atoms with Crippen molar-refractivity contribution in [1.82, 2.24) is 0 Å². The molecule has 0 heterocycles. The molecule has 0 rings (SSSR count). The van der Waals surface area contributed by atoms with E-state index in [-0.39, 0.29) is 6.61 Å². The van der Waals surface area contributed by atoms with E-state index in [2.05, 4.69) is 35.5 Å². The van der Waals surface area contributed by atoms with Crippen LogP contribution in [-0.4, -0.2) is 11.7 Å². The summed E-state index contributed by atoms with van der Waals surface area (Å²) in [6.45, 7) is 1.73. The van der Waals surface area contributed by atoms with Crippen molar-refractivity contribution in [2.24, 2.45) is 0 Å². The number of hydrogen-bond donors (Lipinski definition) is 1. The Morgan fingerprint density at radius 1 is 1.18 bits per heavy atom. The third-order valence-electron chi connectivity index (χ3n) is 0.691. The van der Waals surface area contributed by atoms with Crippen molar-refractivity contribution in [2.75, 3.05) is 6.61 Å². The second-order valence-electron chi connectivity index (χ2n) is 1.48. The van der Waals surface area contributed by atoms with Crippen LogP contribution in [0.5, 0.6) is 0 Å². The molecule has 0 aromatic rings. The van der Waals surface area contributed by atoms with Crippen LogP contribution >= 0.6 is 0 Å². The summed E-state index contributed by atoms with van der Waals surface area (Å²) in [5, 5.41) is 8.29. The lowest BCUT2D eigenvalue weighted by atomic mass is 10.5. The average Bonchev–Trinajstić information content (AvgIpc) is 2.03. The first kappa shape index (κ1) is 9.38. The van der Waals surface area contributed by atoms with E-state index in [9.17, 15) is 0 Å². The van der Waals surface area contributed by atoms with Crippen LogP contribution in [0.25, 0.3) is 0 Å². The first-order valence-electron chi connectivity index (χ1n) is 3.10. The van der Waals surface area contributed by atoms with Crippen molar-refractivity contribution in [3.05, 3.63) is 12.2 Å². The summed E-state index contributed by atoms with van der Waals surface area (Å²) >= 11 is 0. The number of allylic oxidation sites excluding steroid dienone is 1. The maximum atomic E-state index is 8.29. The lowest BCUT2D eigenvalue weighted by molar-refractivity contribution is 0.343. The van der Waals surface area contributed by atoms with E-state index in [1.165, 1.54) is 0 Å². The maximum Gasteiger partial charge on any atom is 0.0621 e. The van der Waals surface area contributed by atoms with Gasteiger partial charge in [-0.15, -0.1) is 0 Å². The molecule has 54 valence electrons. The van der Waals surface area contributed by atoms with Crippen LogP contribution in [-0.2, 0) is 0 Å². The van der Waals surface area contributed by atoms with Crippen LogP contribution in [0.4, 0.5) is 0 Å². The van der Waals surface area contributed by atoms with Crippen molar-refractivity contribution in [3.63, 3.8) is 0 Å². The lowest BCUT2D eigenvalue weighted by Gasteiger charge is -1.67. The first-order valence-corrected chi connectivity index (χ1v) is 3.10. The predicted molar refractivity (Wildman–Crippen MR) is 45.2 cm³/mol. The number of rotatable bonds is 1. The van der Waals surface area contributed by atoms with Crippen molar-refractivity contribution in [3.8, 4) is 35.5 Å². The van der Waals surface area contributed by atoms with Crippen LogP contribution < -0.4 is 0 Å². The standard InChI is InChI=1S/C10H8O/c1-2-3-4-5-6-7-8-9-10-11/h8-9,11H,10H2,1H3/b9-8-. The zero-order chi connectivity index (χ0) is 8.36. The van der Waals surface area contributed by atoms with Gasteiger partial charge in [-0.1, -0.05) is 17.9 Å². The normalized spacial score (nSPS) is 6.73. The molecule has 0 aliphatic carbocycles. The number of hydrogen-bond acceptors (Lipinski definition) is 1. The van der Waals surface area contributed by atoms with Crippen molar-refractivity contribution in [2.45, 2.75) is 6.92 Å². The molecule has 0 bridgehead atoms. The molecule has 1 heteroatoms. The van der Waals surface area contributed by atoms with Crippen LogP contribution in [0.3, 0.4) is 0 Å². The van der Waals surface area contributed by atoms with Crippen molar-refractivity contribution >= 4 is 0 Å². The molecule has 1 N–H and O–H groups in total. The minimum atomic E-state index is 0.0108. The largest absolute Gasteiger partial charge is 0.392 e. The molecule has 0 aromatic carbocycles.